The first-order chi connectivity index (χ1) is 8.54. The summed E-state index contributed by atoms with van der Waals surface area (Å²) in [6.07, 6.45) is 1.44. The molecule has 100 valence electrons. The van der Waals surface area contributed by atoms with Crippen molar-refractivity contribution in [2.45, 2.75) is 39.7 Å². The maximum Gasteiger partial charge on any atom is 0.260 e. The molecule has 0 aromatic carbocycles. The Balaban J connectivity index is 2.53. The monoisotopic (exact) mass is 251 g/mol. The molecular weight excluding hydrogens is 230 g/mol. The number of unbranched alkanes of at least 4 members (excludes halogenated alkanes) is 1. The molecule has 1 unspecified atom stereocenters. The van der Waals surface area contributed by atoms with Gasteiger partial charge in [0.2, 0.25) is 0 Å². The smallest absolute Gasteiger partial charge is 0.260 e. The van der Waals surface area contributed by atoms with Crippen LogP contribution in [0, 0.1) is 6.92 Å². The summed E-state index contributed by atoms with van der Waals surface area (Å²) < 4.78 is 5.49. The molecule has 0 aliphatic carbocycles. The number of nitrogens with one attached hydrogen (secondary N) is 1. The lowest BCUT2D eigenvalue weighted by atomic mass is 10.3. The van der Waals surface area contributed by atoms with Crippen LogP contribution in [0.2, 0.25) is 0 Å². The summed E-state index contributed by atoms with van der Waals surface area (Å²) in [4.78, 5) is 15.8. The lowest BCUT2D eigenvalue weighted by molar-refractivity contribution is -0.127. The zero-order chi connectivity index (χ0) is 13.5. The summed E-state index contributed by atoms with van der Waals surface area (Å²) >= 11 is 0. The number of anilines is 1. The average molecular weight is 251 g/mol. The third-order valence-electron chi connectivity index (χ3n) is 2.53. The molecule has 1 rings (SSSR count). The number of carbonyl (C=O) groups is 1. The zero-order valence-electron chi connectivity index (χ0n) is 11.2. The Bertz CT molecular complexity index is 407. The van der Waals surface area contributed by atoms with E-state index in [-0.39, 0.29) is 5.91 Å². The maximum absolute atomic E-state index is 11.7. The highest BCUT2D eigenvalue weighted by Gasteiger charge is 2.15. The molecule has 1 heterocycles. The van der Waals surface area contributed by atoms with Crippen molar-refractivity contribution in [3.8, 4) is 5.75 Å². The highest BCUT2D eigenvalue weighted by molar-refractivity contribution is 5.80. The summed E-state index contributed by atoms with van der Waals surface area (Å²) in [7, 11) is 0. The Kier molecular flexibility index (Phi) is 5.42. The van der Waals surface area contributed by atoms with Crippen LogP contribution < -0.4 is 15.8 Å². The number of nitrogen functional groups attached to an aromatic ring is 1. The number of carbonyl (C=O) groups excluding carboxylic acids is 1. The van der Waals surface area contributed by atoms with Crippen LogP contribution in [0.15, 0.2) is 12.1 Å². The summed E-state index contributed by atoms with van der Waals surface area (Å²) in [5.41, 5.74) is 6.54. The van der Waals surface area contributed by atoms with Crippen LogP contribution in [-0.2, 0) is 4.79 Å². The van der Waals surface area contributed by atoms with Gasteiger partial charge in [0.1, 0.15) is 0 Å². The van der Waals surface area contributed by atoms with Gasteiger partial charge in [0.15, 0.2) is 17.7 Å². The first kappa shape index (κ1) is 14.3. The minimum absolute atomic E-state index is 0.136. The van der Waals surface area contributed by atoms with E-state index in [0.29, 0.717) is 18.1 Å². The van der Waals surface area contributed by atoms with Crippen LogP contribution in [0.3, 0.4) is 0 Å². The summed E-state index contributed by atoms with van der Waals surface area (Å²) in [5, 5.41) is 2.81. The predicted molar refractivity (Wildman–Crippen MR) is 71.4 cm³/mol. The highest BCUT2D eigenvalue weighted by atomic mass is 16.5. The lowest BCUT2D eigenvalue weighted by Crippen LogP contribution is -2.36. The van der Waals surface area contributed by atoms with Crippen LogP contribution in [0.4, 0.5) is 5.82 Å². The van der Waals surface area contributed by atoms with Crippen LogP contribution in [-0.4, -0.2) is 23.5 Å². The van der Waals surface area contributed by atoms with Gasteiger partial charge in [-0.05, 0) is 32.4 Å². The zero-order valence-corrected chi connectivity index (χ0v) is 11.2. The van der Waals surface area contributed by atoms with E-state index in [0.717, 1.165) is 18.5 Å². The van der Waals surface area contributed by atoms with Gasteiger partial charge >= 0.3 is 0 Å². The molecule has 5 heteroatoms. The molecule has 1 atom stereocenters. The van der Waals surface area contributed by atoms with E-state index in [4.69, 9.17) is 10.5 Å². The molecule has 0 aliphatic heterocycles. The Morgan fingerprint density at radius 1 is 1.56 bits per heavy atom. The highest BCUT2D eigenvalue weighted by Crippen LogP contribution is 2.20. The number of amides is 1. The van der Waals surface area contributed by atoms with Crippen molar-refractivity contribution in [1.29, 1.82) is 0 Å². The molecule has 0 saturated heterocycles. The third kappa shape index (κ3) is 4.24. The van der Waals surface area contributed by atoms with Gasteiger partial charge in [-0.25, -0.2) is 4.98 Å². The number of pyridine rings is 1. The van der Waals surface area contributed by atoms with Crippen molar-refractivity contribution in [3.63, 3.8) is 0 Å². The van der Waals surface area contributed by atoms with Crippen molar-refractivity contribution in [2.75, 3.05) is 12.3 Å². The fourth-order valence-electron chi connectivity index (χ4n) is 1.44. The standard InChI is InChI=1S/C13H21N3O2/c1-4-5-8-15-13(17)10(3)18-11-7-6-9(2)16-12(11)14/h6-7,10H,4-5,8H2,1-3H3,(H2,14,16)(H,15,17). The minimum atomic E-state index is -0.575. The Labute approximate surface area is 108 Å². The molecule has 0 aliphatic rings. The van der Waals surface area contributed by atoms with E-state index < -0.39 is 6.10 Å². The van der Waals surface area contributed by atoms with Gasteiger partial charge in [0, 0.05) is 12.2 Å². The van der Waals surface area contributed by atoms with Crippen molar-refractivity contribution in [3.05, 3.63) is 17.8 Å². The van der Waals surface area contributed by atoms with Crippen molar-refractivity contribution in [2.24, 2.45) is 0 Å². The van der Waals surface area contributed by atoms with Crippen LogP contribution in [0.25, 0.3) is 0 Å². The first-order valence-corrected chi connectivity index (χ1v) is 6.22. The van der Waals surface area contributed by atoms with Gasteiger partial charge in [-0.1, -0.05) is 13.3 Å². The van der Waals surface area contributed by atoms with E-state index in [2.05, 4.69) is 17.2 Å². The molecule has 0 saturated carbocycles. The quantitative estimate of drug-likeness (QED) is 0.754. The molecule has 0 radical (unpaired) electrons. The molecular formula is C13H21N3O2. The number of nitrogens with two attached hydrogens (primary N) is 1. The molecule has 5 nitrogen and oxygen atoms in total. The second-order valence-corrected chi connectivity index (χ2v) is 4.24. The third-order valence-corrected chi connectivity index (χ3v) is 2.53. The van der Waals surface area contributed by atoms with Crippen molar-refractivity contribution in [1.82, 2.24) is 10.3 Å². The fraction of sp³-hybridized carbons (Fsp3) is 0.538. The summed E-state index contributed by atoms with van der Waals surface area (Å²) in [5.74, 6) is 0.616. The summed E-state index contributed by atoms with van der Waals surface area (Å²) in [6, 6.07) is 3.53. The van der Waals surface area contributed by atoms with Gasteiger partial charge < -0.3 is 15.8 Å². The molecule has 1 amide bonds. The van der Waals surface area contributed by atoms with Crippen LogP contribution in [0.1, 0.15) is 32.4 Å². The van der Waals surface area contributed by atoms with Gasteiger partial charge in [-0.15, -0.1) is 0 Å². The summed E-state index contributed by atoms with van der Waals surface area (Å²) in [6.45, 7) is 6.29. The Morgan fingerprint density at radius 2 is 2.28 bits per heavy atom. The topological polar surface area (TPSA) is 77.2 Å². The van der Waals surface area contributed by atoms with E-state index >= 15 is 0 Å². The van der Waals surface area contributed by atoms with Gasteiger partial charge in [0.25, 0.3) is 5.91 Å². The molecule has 1 aromatic heterocycles. The van der Waals surface area contributed by atoms with Crippen LogP contribution >= 0.6 is 0 Å². The normalized spacial score (nSPS) is 11.9. The number of nitrogens with zero attached hydrogens (tertiary/aromatic N) is 1. The Hall–Kier alpha value is -1.78. The van der Waals surface area contributed by atoms with Gasteiger partial charge in [0.05, 0.1) is 0 Å². The van der Waals surface area contributed by atoms with E-state index in [9.17, 15) is 4.79 Å². The number of hydrogen-bond acceptors (Lipinski definition) is 4. The van der Waals surface area contributed by atoms with Crippen molar-refractivity contribution < 1.29 is 9.53 Å². The second kappa shape index (κ2) is 6.83. The van der Waals surface area contributed by atoms with Crippen LogP contribution in [0.5, 0.6) is 5.75 Å². The number of aromatic nitrogens is 1. The number of ether oxygens (including phenoxy) is 1. The molecule has 18 heavy (non-hydrogen) atoms. The van der Waals surface area contributed by atoms with Gasteiger partial charge in [-0.3, -0.25) is 4.79 Å². The molecule has 0 spiro atoms. The number of hydrogen-bond donors (Lipinski definition) is 2. The van der Waals surface area contributed by atoms with E-state index in [1.807, 2.05) is 6.92 Å². The van der Waals surface area contributed by atoms with Gasteiger partial charge in [-0.2, -0.15) is 0 Å². The minimum Gasteiger partial charge on any atom is -0.477 e. The fourth-order valence-corrected chi connectivity index (χ4v) is 1.44. The van der Waals surface area contributed by atoms with E-state index in [1.165, 1.54) is 0 Å². The predicted octanol–water partition coefficient (Wildman–Crippen LogP) is 1.66. The Morgan fingerprint density at radius 3 is 2.89 bits per heavy atom. The molecule has 3 N–H and O–H groups in total. The largest absolute Gasteiger partial charge is 0.477 e. The molecule has 1 aromatic rings. The SMILES string of the molecule is CCCCNC(=O)C(C)Oc1ccc(C)nc1N. The van der Waals surface area contributed by atoms with E-state index in [1.54, 1.807) is 19.1 Å². The molecule has 0 fully saturated rings. The lowest BCUT2D eigenvalue weighted by Gasteiger charge is -2.15. The molecule has 0 bridgehead atoms. The number of rotatable bonds is 6. The van der Waals surface area contributed by atoms with Crippen molar-refractivity contribution >= 4 is 11.7 Å². The number of aryl methyl sites for hydroxylation is 1. The average Bonchev–Trinajstić information content (AvgIpc) is 2.32. The first-order valence-electron chi connectivity index (χ1n) is 6.22. The second-order valence-electron chi connectivity index (χ2n) is 4.24. The maximum atomic E-state index is 11.7.